The number of H-pyrrole nitrogens is 1. The summed E-state index contributed by atoms with van der Waals surface area (Å²) in [7, 11) is 3.34. The molecule has 1 aliphatic heterocycles. The van der Waals surface area contributed by atoms with Gasteiger partial charge in [-0.2, -0.15) is 5.10 Å². The van der Waals surface area contributed by atoms with Gasteiger partial charge >= 0.3 is 0 Å². The summed E-state index contributed by atoms with van der Waals surface area (Å²) in [4.78, 5) is 20.8. The molecule has 0 saturated carbocycles. The highest BCUT2D eigenvalue weighted by Gasteiger charge is 2.24. The average Bonchev–Trinajstić information content (AvgIpc) is 3.28. The van der Waals surface area contributed by atoms with Crippen LogP contribution in [0, 0.1) is 0 Å². The Morgan fingerprint density at radius 1 is 1.19 bits per heavy atom. The van der Waals surface area contributed by atoms with Gasteiger partial charge in [-0.05, 0) is 35.9 Å². The fourth-order valence-corrected chi connectivity index (χ4v) is 3.54. The Kier molecular flexibility index (Phi) is 6.11. The quantitative estimate of drug-likeness (QED) is 0.360. The Balaban J connectivity index is 1.33. The molecule has 0 spiro atoms. The Hall–Kier alpha value is -3.88. The first-order valence-electron chi connectivity index (χ1n) is 10.0. The highest BCUT2D eigenvalue weighted by atomic mass is 16.5. The summed E-state index contributed by atoms with van der Waals surface area (Å²) in [5, 5.41) is 16.7. The molecule has 31 heavy (non-hydrogen) atoms. The largest absolute Gasteiger partial charge is 0.497 e. The Bertz CT molecular complexity index is 1080. The summed E-state index contributed by atoms with van der Waals surface area (Å²) in [6.45, 7) is 1.03. The summed E-state index contributed by atoms with van der Waals surface area (Å²) >= 11 is 0. The molecule has 9 nitrogen and oxygen atoms in total. The number of rotatable bonds is 6. The first-order chi connectivity index (χ1) is 15.2. The number of benzene rings is 2. The number of fused-ring (bicyclic) bond motifs is 1. The lowest BCUT2D eigenvalue weighted by atomic mass is 9.90. The molecule has 0 aliphatic carbocycles. The van der Waals surface area contributed by atoms with Crippen LogP contribution in [0.15, 0.2) is 53.5 Å². The predicted molar refractivity (Wildman–Crippen MR) is 119 cm³/mol. The second kappa shape index (κ2) is 9.29. The molecule has 0 bridgehead atoms. The molecule has 3 aromatic rings. The van der Waals surface area contributed by atoms with Crippen LogP contribution in [0.25, 0.3) is 11.4 Å². The minimum Gasteiger partial charge on any atom is -0.497 e. The second-order valence-electron chi connectivity index (χ2n) is 7.18. The minimum absolute atomic E-state index is 0.0289. The van der Waals surface area contributed by atoms with Gasteiger partial charge in [-0.25, -0.2) is 4.98 Å². The van der Waals surface area contributed by atoms with Gasteiger partial charge in [-0.1, -0.05) is 18.2 Å². The van der Waals surface area contributed by atoms with Crippen LogP contribution >= 0.6 is 0 Å². The number of aromatic nitrogens is 3. The van der Waals surface area contributed by atoms with Crippen molar-refractivity contribution >= 4 is 17.6 Å². The zero-order valence-electron chi connectivity index (χ0n) is 17.5. The summed E-state index contributed by atoms with van der Waals surface area (Å²) in [5.74, 6) is 2.83. The highest BCUT2D eigenvalue weighted by molar-refractivity contribution is 5.94. The molecule has 4 rings (SSSR count). The van der Waals surface area contributed by atoms with E-state index in [-0.39, 0.29) is 11.8 Å². The van der Waals surface area contributed by atoms with Gasteiger partial charge in [0, 0.05) is 37.2 Å². The van der Waals surface area contributed by atoms with E-state index in [9.17, 15) is 4.79 Å². The summed E-state index contributed by atoms with van der Waals surface area (Å²) in [6.07, 6.45) is 0.439. The maximum absolute atomic E-state index is 12.0. The number of anilines is 1. The lowest BCUT2D eigenvalue weighted by Gasteiger charge is -2.26. The third kappa shape index (κ3) is 4.82. The number of carbonyl (C=O) groups is 1. The van der Waals surface area contributed by atoms with Crippen molar-refractivity contribution in [3.63, 3.8) is 0 Å². The SMILES string of the molecule is CN=C(NCc1nc(-c2ccc(OC)cc2)n[nH]1)NCC1CC(=O)Nc2ccccc21. The Labute approximate surface area is 180 Å². The van der Waals surface area contributed by atoms with Crippen LogP contribution in [0.5, 0.6) is 5.75 Å². The van der Waals surface area contributed by atoms with Crippen molar-refractivity contribution in [1.82, 2.24) is 25.8 Å². The lowest BCUT2D eigenvalue weighted by Crippen LogP contribution is -2.40. The molecule has 2 aromatic carbocycles. The van der Waals surface area contributed by atoms with Crippen molar-refractivity contribution in [2.45, 2.75) is 18.9 Å². The molecular formula is C22H25N7O2. The van der Waals surface area contributed by atoms with Crippen molar-refractivity contribution < 1.29 is 9.53 Å². The number of aromatic amines is 1. The number of hydrogen-bond acceptors (Lipinski definition) is 5. The molecule has 2 heterocycles. The fourth-order valence-electron chi connectivity index (χ4n) is 3.54. The van der Waals surface area contributed by atoms with Crippen molar-refractivity contribution in [3.8, 4) is 17.1 Å². The monoisotopic (exact) mass is 419 g/mol. The van der Waals surface area contributed by atoms with E-state index in [1.54, 1.807) is 14.2 Å². The van der Waals surface area contributed by atoms with Crippen LogP contribution in [0.1, 0.15) is 23.7 Å². The molecule has 1 unspecified atom stereocenters. The summed E-state index contributed by atoms with van der Waals surface area (Å²) in [5.41, 5.74) is 2.91. The third-order valence-corrected chi connectivity index (χ3v) is 5.15. The molecule has 9 heteroatoms. The van der Waals surface area contributed by atoms with Crippen molar-refractivity contribution in [1.29, 1.82) is 0 Å². The predicted octanol–water partition coefficient (Wildman–Crippen LogP) is 2.27. The molecule has 4 N–H and O–H groups in total. The van der Waals surface area contributed by atoms with E-state index in [0.29, 0.717) is 37.1 Å². The number of methoxy groups -OCH3 is 1. The Morgan fingerprint density at radius 2 is 2.00 bits per heavy atom. The Morgan fingerprint density at radius 3 is 2.77 bits per heavy atom. The lowest BCUT2D eigenvalue weighted by molar-refractivity contribution is -0.116. The van der Waals surface area contributed by atoms with E-state index >= 15 is 0 Å². The van der Waals surface area contributed by atoms with Gasteiger partial charge in [-0.15, -0.1) is 0 Å². The number of para-hydroxylation sites is 1. The molecule has 0 saturated heterocycles. The van der Waals surface area contributed by atoms with Crippen LogP contribution in [-0.4, -0.2) is 47.8 Å². The first-order valence-corrected chi connectivity index (χ1v) is 10.0. The number of aliphatic imine (C=N–C) groups is 1. The van der Waals surface area contributed by atoms with Crippen LogP contribution in [0.4, 0.5) is 5.69 Å². The normalized spacial score (nSPS) is 15.7. The maximum Gasteiger partial charge on any atom is 0.225 e. The number of carbonyl (C=O) groups excluding carboxylic acids is 1. The van der Waals surface area contributed by atoms with Gasteiger partial charge in [-0.3, -0.25) is 14.9 Å². The summed E-state index contributed by atoms with van der Waals surface area (Å²) in [6, 6.07) is 15.5. The second-order valence-corrected chi connectivity index (χ2v) is 7.18. The van der Waals surface area contributed by atoms with Gasteiger partial charge in [0.25, 0.3) is 0 Å². The minimum atomic E-state index is 0.0289. The van der Waals surface area contributed by atoms with Crippen molar-refractivity contribution in [3.05, 3.63) is 59.9 Å². The number of guanidine groups is 1. The molecular weight excluding hydrogens is 394 g/mol. The topological polar surface area (TPSA) is 116 Å². The smallest absolute Gasteiger partial charge is 0.225 e. The van der Waals surface area contributed by atoms with Gasteiger partial charge in [0.2, 0.25) is 5.91 Å². The summed E-state index contributed by atoms with van der Waals surface area (Å²) < 4.78 is 5.18. The van der Waals surface area contributed by atoms with E-state index in [2.05, 4.69) is 36.1 Å². The van der Waals surface area contributed by atoms with Crippen LogP contribution < -0.4 is 20.7 Å². The number of nitrogens with zero attached hydrogens (tertiary/aromatic N) is 3. The van der Waals surface area contributed by atoms with E-state index in [1.165, 1.54) is 0 Å². The van der Waals surface area contributed by atoms with E-state index in [0.717, 1.165) is 22.6 Å². The van der Waals surface area contributed by atoms with Crippen LogP contribution in [0.2, 0.25) is 0 Å². The molecule has 1 aromatic heterocycles. The number of ether oxygens (including phenoxy) is 1. The van der Waals surface area contributed by atoms with Gasteiger partial charge in [0.1, 0.15) is 11.6 Å². The highest BCUT2D eigenvalue weighted by Crippen LogP contribution is 2.31. The zero-order valence-corrected chi connectivity index (χ0v) is 17.5. The molecule has 0 radical (unpaired) electrons. The standard InChI is InChI=1S/C22H25N7O2/c1-23-22(24-12-15-11-20(30)26-18-6-4-3-5-17(15)18)25-13-19-27-21(29-28-19)14-7-9-16(31-2)10-8-14/h3-10,15H,11-13H2,1-2H3,(H,26,30)(H2,23,24,25)(H,27,28,29). The van der Waals surface area contributed by atoms with Crippen molar-refractivity contribution in [2.75, 3.05) is 26.0 Å². The third-order valence-electron chi connectivity index (χ3n) is 5.15. The first kappa shape index (κ1) is 20.4. The van der Waals surface area contributed by atoms with E-state index in [1.807, 2.05) is 48.5 Å². The molecule has 1 amide bonds. The molecule has 1 aliphatic rings. The van der Waals surface area contributed by atoms with Crippen LogP contribution in [0.3, 0.4) is 0 Å². The number of hydrogen-bond donors (Lipinski definition) is 4. The van der Waals surface area contributed by atoms with E-state index < -0.39 is 0 Å². The van der Waals surface area contributed by atoms with Gasteiger partial charge in [0.05, 0.1) is 13.7 Å². The molecule has 160 valence electrons. The van der Waals surface area contributed by atoms with Crippen LogP contribution in [-0.2, 0) is 11.3 Å². The number of nitrogens with one attached hydrogen (secondary N) is 4. The molecule has 0 fully saturated rings. The average molecular weight is 419 g/mol. The van der Waals surface area contributed by atoms with E-state index in [4.69, 9.17) is 4.74 Å². The zero-order chi connectivity index (χ0) is 21.6. The van der Waals surface area contributed by atoms with Gasteiger partial charge < -0.3 is 20.7 Å². The van der Waals surface area contributed by atoms with Gasteiger partial charge in [0.15, 0.2) is 11.8 Å². The fraction of sp³-hybridized carbons (Fsp3) is 0.273. The maximum atomic E-state index is 12.0. The van der Waals surface area contributed by atoms with Crippen molar-refractivity contribution in [2.24, 2.45) is 4.99 Å². The molecule has 1 atom stereocenters. The number of amides is 1.